The van der Waals surface area contributed by atoms with Crippen LogP contribution in [0.5, 0.6) is 0 Å². The van der Waals surface area contributed by atoms with Gasteiger partial charge in [0.05, 0.1) is 19.6 Å². The Balaban J connectivity index is 2.15. The first-order valence-corrected chi connectivity index (χ1v) is 10.2. The molecule has 0 amide bonds. The van der Waals surface area contributed by atoms with Gasteiger partial charge in [-0.15, -0.1) is 0 Å². The topological polar surface area (TPSA) is 57.2 Å². The molecule has 6 heteroatoms. The number of hydrogen-bond donors (Lipinski definition) is 1. The van der Waals surface area contributed by atoms with E-state index in [9.17, 15) is 4.79 Å². The van der Waals surface area contributed by atoms with Crippen LogP contribution in [0.2, 0.25) is 0 Å². The van der Waals surface area contributed by atoms with E-state index in [-0.39, 0.29) is 17.8 Å². The van der Waals surface area contributed by atoms with Gasteiger partial charge in [-0.1, -0.05) is 31.2 Å². The predicted octanol–water partition coefficient (Wildman–Crippen LogP) is 2.73. The molecule has 0 aliphatic carbocycles. The lowest BCUT2D eigenvalue weighted by Gasteiger charge is -2.23. The van der Waals surface area contributed by atoms with Crippen LogP contribution >= 0.6 is 0 Å². The number of rotatable bonds is 7. The van der Waals surface area contributed by atoms with Crippen LogP contribution in [-0.4, -0.2) is 61.6 Å². The van der Waals surface area contributed by atoms with Gasteiger partial charge in [0.25, 0.3) is 0 Å². The number of benzene rings is 1. The summed E-state index contributed by atoms with van der Waals surface area (Å²) in [7, 11) is 3.61. The van der Waals surface area contributed by atoms with E-state index in [0.29, 0.717) is 19.1 Å². The van der Waals surface area contributed by atoms with Crippen LogP contribution in [0.1, 0.15) is 38.8 Å². The zero-order valence-corrected chi connectivity index (χ0v) is 18.2. The number of carbonyl (C=O) groups is 1. The van der Waals surface area contributed by atoms with Crippen LogP contribution in [0, 0.1) is 11.8 Å². The maximum atomic E-state index is 12.0. The molecule has 1 N–H and O–H groups in total. The van der Waals surface area contributed by atoms with Crippen molar-refractivity contribution in [2.75, 3.05) is 33.8 Å². The Bertz CT molecular complexity index is 674. The quantitative estimate of drug-likeness (QED) is 0.442. The number of aliphatic imine (C=N–C) groups is 1. The second-order valence-corrected chi connectivity index (χ2v) is 7.96. The molecule has 0 spiro atoms. The highest BCUT2D eigenvalue weighted by Gasteiger charge is 2.36. The van der Waals surface area contributed by atoms with Crippen LogP contribution in [0.3, 0.4) is 0 Å². The summed E-state index contributed by atoms with van der Waals surface area (Å²) in [6.45, 7) is 12.4. The van der Waals surface area contributed by atoms with E-state index < -0.39 is 0 Å². The number of likely N-dealkylation sites (tertiary alicyclic amines) is 1. The molecule has 28 heavy (non-hydrogen) atoms. The van der Waals surface area contributed by atoms with Crippen molar-refractivity contribution < 1.29 is 9.53 Å². The molecule has 6 nitrogen and oxygen atoms in total. The second-order valence-electron chi connectivity index (χ2n) is 7.96. The highest BCUT2D eigenvalue weighted by molar-refractivity contribution is 5.82. The van der Waals surface area contributed by atoms with Gasteiger partial charge < -0.3 is 15.0 Å². The van der Waals surface area contributed by atoms with Gasteiger partial charge in [-0.25, -0.2) is 4.99 Å². The molecule has 0 bridgehead atoms. The zero-order chi connectivity index (χ0) is 20.7. The third kappa shape index (κ3) is 5.71. The summed E-state index contributed by atoms with van der Waals surface area (Å²) in [5.41, 5.74) is 2.54. The van der Waals surface area contributed by atoms with Gasteiger partial charge in [-0.05, 0) is 44.9 Å². The Morgan fingerprint density at radius 2 is 2.00 bits per heavy atom. The Labute approximate surface area is 170 Å². The van der Waals surface area contributed by atoms with Crippen molar-refractivity contribution in [2.24, 2.45) is 16.8 Å². The molecule has 2 atom stereocenters. The average Bonchev–Trinajstić information content (AvgIpc) is 3.06. The van der Waals surface area contributed by atoms with Crippen LogP contribution in [0.25, 0.3) is 0 Å². The fraction of sp³-hybridized carbons (Fsp3) is 0.636. The Hall–Kier alpha value is -2.08. The lowest BCUT2D eigenvalue weighted by molar-refractivity contribution is -0.145. The summed E-state index contributed by atoms with van der Waals surface area (Å²) in [6.07, 6.45) is 0. The predicted molar refractivity (Wildman–Crippen MR) is 114 cm³/mol. The minimum Gasteiger partial charge on any atom is -0.469 e. The Kier molecular flexibility index (Phi) is 8.30. The van der Waals surface area contributed by atoms with E-state index in [0.717, 1.165) is 25.6 Å². The molecule has 1 aromatic carbocycles. The van der Waals surface area contributed by atoms with Crippen LogP contribution in [-0.2, 0) is 22.6 Å². The zero-order valence-electron chi connectivity index (χ0n) is 18.2. The highest BCUT2D eigenvalue weighted by Crippen LogP contribution is 2.24. The molecule has 1 aromatic rings. The number of carbonyl (C=O) groups excluding carboxylic acids is 1. The summed E-state index contributed by atoms with van der Waals surface area (Å²) in [6, 6.07) is 8.99. The van der Waals surface area contributed by atoms with Crippen molar-refractivity contribution in [1.82, 2.24) is 15.1 Å². The lowest BCUT2D eigenvalue weighted by atomic mass is 9.99. The van der Waals surface area contributed by atoms with Crippen molar-refractivity contribution in [3.8, 4) is 0 Å². The molecule has 0 aromatic heterocycles. The number of guanidine groups is 1. The first kappa shape index (κ1) is 22.2. The van der Waals surface area contributed by atoms with Crippen LogP contribution in [0.4, 0.5) is 0 Å². The third-order valence-electron chi connectivity index (χ3n) is 5.57. The SMILES string of the molecule is CCNC(=NCc1ccccc1CN(C)C(C)C)N1CC(C)C(C(=O)OC)C1. The summed E-state index contributed by atoms with van der Waals surface area (Å²) < 4.78 is 4.96. The largest absolute Gasteiger partial charge is 0.469 e. The summed E-state index contributed by atoms with van der Waals surface area (Å²) in [4.78, 5) is 21.4. The van der Waals surface area contributed by atoms with Gasteiger partial charge in [0, 0.05) is 32.2 Å². The summed E-state index contributed by atoms with van der Waals surface area (Å²) in [5, 5.41) is 3.38. The van der Waals surface area contributed by atoms with E-state index in [1.807, 2.05) is 0 Å². The van der Waals surface area contributed by atoms with Gasteiger partial charge >= 0.3 is 5.97 Å². The lowest BCUT2D eigenvalue weighted by Crippen LogP contribution is -2.40. The van der Waals surface area contributed by atoms with Crippen LogP contribution in [0.15, 0.2) is 29.3 Å². The Morgan fingerprint density at radius 3 is 2.61 bits per heavy atom. The smallest absolute Gasteiger partial charge is 0.310 e. The maximum absolute atomic E-state index is 12.0. The third-order valence-corrected chi connectivity index (χ3v) is 5.57. The Morgan fingerprint density at radius 1 is 1.32 bits per heavy atom. The van der Waals surface area contributed by atoms with Crippen molar-refractivity contribution >= 4 is 11.9 Å². The molecule has 1 heterocycles. The number of nitrogens with one attached hydrogen (secondary N) is 1. The van der Waals surface area contributed by atoms with E-state index in [4.69, 9.17) is 9.73 Å². The van der Waals surface area contributed by atoms with Crippen LogP contribution < -0.4 is 5.32 Å². The number of nitrogens with zero attached hydrogens (tertiary/aromatic N) is 3. The molecule has 2 unspecified atom stereocenters. The summed E-state index contributed by atoms with van der Waals surface area (Å²) in [5.74, 6) is 0.893. The van der Waals surface area contributed by atoms with Crippen molar-refractivity contribution in [2.45, 2.75) is 46.8 Å². The number of hydrogen-bond acceptors (Lipinski definition) is 4. The molecule has 1 aliphatic rings. The standard InChI is InChI=1S/C22H36N4O2/c1-7-23-22(26-13-17(4)20(15-26)21(27)28-6)24-12-18-10-8-9-11-19(18)14-25(5)16(2)3/h8-11,16-17,20H,7,12-15H2,1-6H3,(H,23,24). The maximum Gasteiger partial charge on any atom is 0.310 e. The molecular weight excluding hydrogens is 352 g/mol. The van der Waals surface area contributed by atoms with E-state index in [1.165, 1.54) is 18.2 Å². The molecule has 2 rings (SSSR count). The molecular formula is C22H36N4O2. The minimum absolute atomic E-state index is 0.0965. The first-order valence-electron chi connectivity index (χ1n) is 10.2. The van der Waals surface area contributed by atoms with Gasteiger partial charge in [0.15, 0.2) is 5.96 Å². The summed E-state index contributed by atoms with van der Waals surface area (Å²) >= 11 is 0. The van der Waals surface area contributed by atoms with Crippen molar-refractivity contribution in [1.29, 1.82) is 0 Å². The normalized spacial score (nSPS) is 20.1. The van der Waals surface area contributed by atoms with Crippen molar-refractivity contribution in [3.63, 3.8) is 0 Å². The fourth-order valence-electron chi connectivity index (χ4n) is 3.50. The van der Waals surface area contributed by atoms with Gasteiger partial charge in [-0.2, -0.15) is 0 Å². The monoisotopic (exact) mass is 388 g/mol. The average molecular weight is 389 g/mol. The molecule has 1 saturated heterocycles. The first-order chi connectivity index (χ1) is 13.4. The van der Waals surface area contributed by atoms with E-state index >= 15 is 0 Å². The molecule has 1 fully saturated rings. The van der Waals surface area contributed by atoms with Gasteiger partial charge in [0.2, 0.25) is 0 Å². The molecule has 1 aliphatic heterocycles. The fourth-order valence-corrected chi connectivity index (χ4v) is 3.50. The van der Waals surface area contributed by atoms with E-state index in [1.54, 1.807) is 0 Å². The molecule has 156 valence electrons. The van der Waals surface area contributed by atoms with Gasteiger partial charge in [0.1, 0.15) is 0 Å². The number of ether oxygens (including phenoxy) is 1. The van der Waals surface area contributed by atoms with E-state index in [2.05, 4.69) is 74.1 Å². The minimum atomic E-state index is -0.132. The molecule has 0 radical (unpaired) electrons. The van der Waals surface area contributed by atoms with Gasteiger partial charge in [-0.3, -0.25) is 9.69 Å². The number of esters is 1. The highest BCUT2D eigenvalue weighted by atomic mass is 16.5. The van der Waals surface area contributed by atoms with Crippen molar-refractivity contribution in [3.05, 3.63) is 35.4 Å². The second kappa shape index (κ2) is 10.5. The number of methoxy groups -OCH3 is 1. The molecule has 0 saturated carbocycles.